The van der Waals surface area contributed by atoms with Crippen molar-refractivity contribution >= 4 is 38.5 Å². The molecule has 72 valence electrons. The van der Waals surface area contributed by atoms with Crippen LogP contribution in [-0.4, -0.2) is 4.98 Å². The Kier molecular flexibility index (Phi) is 3.56. The number of nitrogens with zero attached hydrogens (tertiary/aromatic N) is 1. The minimum absolute atomic E-state index is 0.158. The normalized spacial score (nSPS) is 11.8. The van der Waals surface area contributed by atoms with Gasteiger partial charge in [0.1, 0.15) is 9.39 Å². The molecule has 13 heavy (non-hydrogen) atoms. The molecule has 0 saturated carbocycles. The number of rotatable bonds is 1. The van der Waals surface area contributed by atoms with Gasteiger partial charge in [0.05, 0.1) is 0 Å². The van der Waals surface area contributed by atoms with Crippen LogP contribution in [0.2, 0.25) is 0 Å². The van der Waals surface area contributed by atoms with Crippen LogP contribution in [0.4, 0.5) is 13.2 Å². The van der Waals surface area contributed by atoms with Gasteiger partial charge in [0.2, 0.25) is 0 Å². The summed E-state index contributed by atoms with van der Waals surface area (Å²) in [5.74, 6) is 0. The second kappa shape index (κ2) is 4.12. The monoisotopic (exact) mass is 365 g/mol. The molecule has 0 aliphatic rings. The molecule has 0 aromatic carbocycles. The quantitative estimate of drug-likeness (QED) is 0.421. The highest BCUT2D eigenvalue weighted by Crippen LogP contribution is 2.31. The van der Waals surface area contributed by atoms with Crippen molar-refractivity contribution in [2.45, 2.75) is 11.5 Å². The van der Waals surface area contributed by atoms with E-state index in [2.05, 4.69) is 20.9 Å². The van der Waals surface area contributed by atoms with Crippen LogP contribution in [0.15, 0.2) is 12.1 Å². The Hall–Kier alpha value is 0.150. The van der Waals surface area contributed by atoms with E-state index in [-0.39, 0.29) is 10.9 Å². The number of halogens is 5. The molecule has 6 heteroatoms. The van der Waals surface area contributed by atoms with Crippen LogP contribution in [0.5, 0.6) is 0 Å². The van der Waals surface area contributed by atoms with Crippen LogP contribution >= 0.6 is 38.5 Å². The minimum atomic E-state index is -4.37. The van der Waals surface area contributed by atoms with Crippen molar-refractivity contribution in [3.8, 4) is 0 Å². The molecule has 1 heterocycles. The van der Waals surface area contributed by atoms with Gasteiger partial charge in [-0.2, -0.15) is 13.2 Å². The van der Waals surface area contributed by atoms with Gasteiger partial charge in [0.15, 0.2) is 0 Å². The highest BCUT2D eigenvalue weighted by Gasteiger charge is 2.35. The van der Waals surface area contributed by atoms with E-state index in [4.69, 9.17) is 0 Å². The van der Waals surface area contributed by atoms with Crippen molar-refractivity contribution in [1.29, 1.82) is 0 Å². The van der Waals surface area contributed by atoms with Gasteiger partial charge in [-0.25, -0.2) is 4.98 Å². The van der Waals surface area contributed by atoms with Gasteiger partial charge in [-0.3, -0.25) is 0 Å². The number of aromatic nitrogens is 1. The van der Waals surface area contributed by atoms with Gasteiger partial charge < -0.3 is 0 Å². The van der Waals surface area contributed by atoms with Gasteiger partial charge in [-0.1, -0.05) is 22.0 Å². The molecule has 0 unspecified atom stereocenters. The lowest BCUT2D eigenvalue weighted by atomic mass is 10.2. The Morgan fingerprint density at radius 3 is 2.46 bits per heavy atom. The molecule has 0 atom stereocenters. The molecule has 0 spiro atoms. The molecular formula is C7H4BrF3IN. The number of alkyl halides is 4. The van der Waals surface area contributed by atoms with E-state index < -0.39 is 11.9 Å². The van der Waals surface area contributed by atoms with Crippen molar-refractivity contribution in [2.24, 2.45) is 0 Å². The van der Waals surface area contributed by atoms with Crippen LogP contribution in [0.25, 0.3) is 0 Å². The third-order valence-corrected chi connectivity index (χ3v) is 2.56. The molecule has 0 N–H and O–H groups in total. The first-order valence-electron chi connectivity index (χ1n) is 3.23. The smallest absolute Gasteiger partial charge is 0.237 e. The van der Waals surface area contributed by atoms with Crippen molar-refractivity contribution in [3.05, 3.63) is 27.1 Å². The SMILES string of the molecule is FC(F)(F)c1nc(I)ccc1CBr. The first kappa shape index (κ1) is 11.2. The highest BCUT2D eigenvalue weighted by atomic mass is 127. The van der Waals surface area contributed by atoms with Crippen molar-refractivity contribution in [2.75, 3.05) is 0 Å². The summed E-state index contributed by atoms with van der Waals surface area (Å²) in [6.45, 7) is 0. The van der Waals surface area contributed by atoms with E-state index in [0.717, 1.165) is 0 Å². The fraction of sp³-hybridized carbons (Fsp3) is 0.286. The Balaban J connectivity index is 3.24. The topological polar surface area (TPSA) is 12.9 Å². The third-order valence-electron chi connectivity index (χ3n) is 1.36. The van der Waals surface area contributed by atoms with Gasteiger partial charge >= 0.3 is 6.18 Å². The molecule has 0 saturated heterocycles. The minimum Gasteiger partial charge on any atom is -0.237 e. The van der Waals surface area contributed by atoms with Gasteiger partial charge in [-0.05, 0) is 34.2 Å². The summed E-state index contributed by atoms with van der Waals surface area (Å²) in [4.78, 5) is 3.45. The molecule has 0 aliphatic carbocycles. The number of pyridine rings is 1. The standard InChI is InChI=1S/C7H4BrF3IN/c8-3-4-1-2-5(12)13-6(4)7(9,10)11/h1-2H,3H2. The predicted octanol–water partition coefficient (Wildman–Crippen LogP) is 3.60. The lowest BCUT2D eigenvalue weighted by Gasteiger charge is -2.09. The van der Waals surface area contributed by atoms with Crippen molar-refractivity contribution in [1.82, 2.24) is 4.98 Å². The van der Waals surface area contributed by atoms with E-state index in [1.54, 1.807) is 28.7 Å². The number of hydrogen-bond donors (Lipinski definition) is 0. The lowest BCUT2D eigenvalue weighted by molar-refractivity contribution is -0.141. The second-order valence-corrected chi connectivity index (χ2v) is 3.94. The summed E-state index contributed by atoms with van der Waals surface area (Å²) in [5.41, 5.74) is -0.649. The molecule has 0 fully saturated rings. The van der Waals surface area contributed by atoms with Crippen LogP contribution in [0, 0.1) is 3.70 Å². The Bertz CT molecular complexity index is 313. The number of hydrogen-bond acceptors (Lipinski definition) is 1. The molecule has 1 nitrogen and oxygen atoms in total. The molecule has 0 bridgehead atoms. The van der Waals surface area contributed by atoms with Crippen molar-refractivity contribution < 1.29 is 13.2 Å². The van der Waals surface area contributed by atoms with E-state index in [1.807, 2.05) is 0 Å². The van der Waals surface area contributed by atoms with Crippen molar-refractivity contribution in [3.63, 3.8) is 0 Å². The van der Waals surface area contributed by atoms with Crippen LogP contribution < -0.4 is 0 Å². The predicted molar refractivity (Wildman–Crippen MR) is 54.6 cm³/mol. The Morgan fingerprint density at radius 1 is 1.38 bits per heavy atom. The van der Waals surface area contributed by atoms with Crippen LogP contribution in [0.1, 0.15) is 11.3 Å². The fourth-order valence-corrected chi connectivity index (χ4v) is 1.69. The fourth-order valence-electron chi connectivity index (χ4n) is 0.817. The maximum Gasteiger partial charge on any atom is 0.433 e. The maximum atomic E-state index is 12.3. The zero-order valence-corrected chi connectivity index (χ0v) is 9.94. The van der Waals surface area contributed by atoms with E-state index in [9.17, 15) is 13.2 Å². The maximum absolute atomic E-state index is 12.3. The summed E-state index contributed by atoms with van der Waals surface area (Å²) in [7, 11) is 0. The first-order valence-corrected chi connectivity index (χ1v) is 5.43. The second-order valence-electron chi connectivity index (χ2n) is 2.27. The van der Waals surface area contributed by atoms with Gasteiger partial charge in [0.25, 0.3) is 0 Å². The summed E-state index contributed by atoms with van der Waals surface area (Å²) in [6, 6.07) is 2.97. The average Bonchev–Trinajstić information content (AvgIpc) is 2.03. The molecule has 0 amide bonds. The zero-order chi connectivity index (χ0) is 10.1. The molecule has 1 rings (SSSR count). The first-order chi connectivity index (χ1) is 5.95. The summed E-state index contributed by atoms with van der Waals surface area (Å²) in [6.07, 6.45) is -4.37. The molecule has 0 radical (unpaired) electrons. The van der Waals surface area contributed by atoms with Crippen LogP contribution in [-0.2, 0) is 11.5 Å². The highest BCUT2D eigenvalue weighted by molar-refractivity contribution is 14.1. The van der Waals surface area contributed by atoms with Gasteiger partial charge in [-0.15, -0.1) is 0 Å². The molecule has 0 aliphatic heterocycles. The van der Waals surface area contributed by atoms with E-state index in [1.165, 1.54) is 6.07 Å². The molecule has 1 aromatic rings. The largest absolute Gasteiger partial charge is 0.433 e. The summed E-state index contributed by atoms with van der Waals surface area (Å²) in [5, 5.41) is 0.158. The Morgan fingerprint density at radius 2 is 2.00 bits per heavy atom. The third kappa shape index (κ3) is 2.80. The lowest BCUT2D eigenvalue weighted by Crippen LogP contribution is -2.11. The molecule has 1 aromatic heterocycles. The summed E-state index contributed by atoms with van der Waals surface area (Å²) >= 11 is 4.73. The van der Waals surface area contributed by atoms with E-state index >= 15 is 0 Å². The van der Waals surface area contributed by atoms with Gasteiger partial charge in [0, 0.05) is 5.33 Å². The zero-order valence-electron chi connectivity index (χ0n) is 6.20. The molecular weight excluding hydrogens is 362 g/mol. The van der Waals surface area contributed by atoms with E-state index in [0.29, 0.717) is 3.70 Å². The Labute approximate surface area is 95.0 Å². The van der Waals surface area contributed by atoms with Crippen LogP contribution in [0.3, 0.4) is 0 Å². The summed E-state index contributed by atoms with van der Waals surface area (Å²) < 4.78 is 37.3. The average molecular weight is 366 g/mol.